The number of hydrogen-bond donors (Lipinski definition) is 2. The number of carbonyl (C=O) groups is 1. The van der Waals surface area contributed by atoms with Crippen LogP contribution in [0, 0.1) is 6.92 Å². The number of nitrogens with zero attached hydrogens (tertiary/aromatic N) is 4. The molecule has 2 aromatic heterocycles. The molecule has 7 nitrogen and oxygen atoms in total. The molecule has 0 aliphatic heterocycles. The van der Waals surface area contributed by atoms with E-state index in [4.69, 9.17) is 10.1 Å². The van der Waals surface area contributed by atoms with Gasteiger partial charge in [0.2, 0.25) is 16.0 Å². The van der Waals surface area contributed by atoms with Crippen LogP contribution in [-0.4, -0.2) is 45.7 Å². The lowest BCUT2D eigenvalue weighted by Gasteiger charge is -2.24. The van der Waals surface area contributed by atoms with Gasteiger partial charge in [0.25, 0.3) is 0 Å². The van der Waals surface area contributed by atoms with Gasteiger partial charge in [-0.2, -0.15) is 4.52 Å². The van der Waals surface area contributed by atoms with E-state index in [0.717, 1.165) is 40.0 Å². The first kappa shape index (κ1) is 22.6. The summed E-state index contributed by atoms with van der Waals surface area (Å²) in [6, 6.07) is 8.71. The van der Waals surface area contributed by atoms with Crippen molar-refractivity contribution < 1.29 is 4.79 Å². The maximum Gasteiger partial charge on any atom is 0.239 e. The summed E-state index contributed by atoms with van der Waals surface area (Å²) in [5, 5.41) is 12.4. The van der Waals surface area contributed by atoms with Crippen LogP contribution in [0.5, 0.6) is 0 Å². The average molecular weight is 455 g/mol. The minimum absolute atomic E-state index is 0.0561. The van der Waals surface area contributed by atoms with Crippen molar-refractivity contribution in [1.29, 1.82) is 0 Å². The fourth-order valence-corrected chi connectivity index (χ4v) is 4.94. The van der Waals surface area contributed by atoms with Crippen LogP contribution < -0.4 is 15.5 Å². The van der Waals surface area contributed by atoms with Crippen LogP contribution >= 0.6 is 11.3 Å². The summed E-state index contributed by atoms with van der Waals surface area (Å²) in [5.74, 6) is 0.930. The van der Waals surface area contributed by atoms with Crippen LogP contribution in [-0.2, 0) is 4.79 Å². The Balaban J connectivity index is 1.57. The van der Waals surface area contributed by atoms with Gasteiger partial charge in [0.1, 0.15) is 5.69 Å². The van der Waals surface area contributed by atoms with Crippen LogP contribution in [0.4, 0.5) is 10.9 Å². The summed E-state index contributed by atoms with van der Waals surface area (Å²) >= 11 is 1.50. The zero-order valence-corrected chi connectivity index (χ0v) is 20.6. The Morgan fingerprint density at radius 2 is 1.88 bits per heavy atom. The molecule has 172 valence electrons. The molecule has 1 aliphatic rings. The fourth-order valence-electron chi connectivity index (χ4n) is 4.08. The smallest absolute Gasteiger partial charge is 0.239 e. The number of rotatable bonds is 6. The highest BCUT2D eigenvalue weighted by Crippen LogP contribution is 2.34. The van der Waals surface area contributed by atoms with Gasteiger partial charge in [0, 0.05) is 24.2 Å². The SMILES string of the molecule is Cc1ccc(-c2nc3sc(N(C)CC(=O)NC4CCCCC4)nn3c2NC(C)(C)C)cc1. The Hall–Kier alpha value is -2.61. The molecule has 2 heterocycles. The van der Waals surface area contributed by atoms with E-state index in [-0.39, 0.29) is 11.4 Å². The van der Waals surface area contributed by atoms with Crippen LogP contribution in [0.3, 0.4) is 0 Å². The number of anilines is 2. The molecule has 1 saturated carbocycles. The van der Waals surface area contributed by atoms with E-state index in [1.54, 1.807) is 0 Å². The molecular weight excluding hydrogens is 420 g/mol. The second-order valence-corrected chi connectivity index (χ2v) is 10.8. The van der Waals surface area contributed by atoms with Crippen molar-refractivity contribution in [2.24, 2.45) is 0 Å². The average Bonchev–Trinajstić information content (AvgIpc) is 3.28. The highest BCUT2D eigenvalue weighted by Gasteiger charge is 2.24. The molecule has 0 saturated heterocycles. The first-order valence-corrected chi connectivity index (χ1v) is 12.3. The first-order valence-electron chi connectivity index (χ1n) is 11.4. The maximum atomic E-state index is 12.6. The van der Waals surface area contributed by atoms with Crippen molar-refractivity contribution >= 4 is 33.2 Å². The number of benzene rings is 1. The molecule has 0 radical (unpaired) electrons. The zero-order valence-electron chi connectivity index (χ0n) is 19.7. The summed E-state index contributed by atoms with van der Waals surface area (Å²) < 4.78 is 1.87. The van der Waals surface area contributed by atoms with E-state index in [0.29, 0.717) is 12.6 Å². The molecule has 1 aromatic carbocycles. The topological polar surface area (TPSA) is 74.6 Å². The molecule has 8 heteroatoms. The van der Waals surface area contributed by atoms with E-state index < -0.39 is 0 Å². The first-order chi connectivity index (χ1) is 15.2. The largest absolute Gasteiger partial charge is 0.364 e. The number of imidazole rings is 1. The summed E-state index contributed by atoms with van der Waals surface area (Å²) in [4.78, 5) is 20.2. The Labute approximate surface area is 194 Å². The van der Waals surface area contributed by atoms with Crippen LogP contribution in [0.15, 0.2) is 24.3 Å². The molecule has 0 unspecified atom stereocenters. The van der Waals surface area contributed by atoms with E-state index in [9.17, 15) is 4.79 Å². The van der Waals surface area contributed by atoms with Gasteiger partial charge >= 0.3 is 0 Å². The van der Waals surface area contributed by atoms with Crippen molar-refractivity contribution in [3.05, 3.63) is 29.8 Å². The lowest BCUT2D eigenvalue weighted by molar-refractivity contribution is -0.120. The molecule has 3 aromatic rings. The number of nitrogens with one attached hydrogen (secondary N) is 2. The van der Waals surface area contributed by atoms with Gasteiger partial charge in [0.15, 0.2) is 5.82 Å². The van der Waals surface area contributed by atoms with Crippen molar-refractivity contribution in [3.8, 4) is 11.3 Å². The number of amides is 1. The summed E-state index contributed by atoms with van der Waals surface area (Å²) in [5.41, 5.74) is 3.02. The van der Waals surface area contributed by atoms with Crippen LogP contribution in [0.1, 0.15) is 58.4 Å². The maximum absolute atomic E-state index is 12.6. The second-order valence-electron chi connectivity index (χ2n) is 9.89. The lowest BCUT2D eigenvalue weighted by atomic mass is 9.95. The fraction of sp³-hybridized carbons (Fsp3) is 0.542. The standard InChI is InChI=1S/C24H34N6OS/c1-16-11-13-17(14-12-16)20-21(27-24(2,3)4)30-22(26-20)32-23(28-30)29(5)15-19(31)25-18-9-7-6-8-10-18/h11-14,18,27H,6-10,15H2,1-5H3,(H,25,31). The molecule has 1 amide bonds. The number of fused-ring (bicyclic) bond motifs is 1. The zero-order chi connectivity index (χ0) is 22.9. The molecule has 1 fully saturated rings. The number of aromatic nitrogens is 3. The summed E-state index contributed by atoms with van der Waals surface area (Å²) in [6.07, 6.45) is 5.86. The minimum atomic E-state index is -0.148. The highest BCUT2D eigenvalue weighted by atomic mass is 32.1. The van der Waals surface area contributed by atoms with Crippen LogP contribution in [0.2, 0.25) is 0 Å². The third-order valence-electron chi connectivity index (χ3n) is 5.69. The molecule has 0 bridgehead atoms. The Morgan fingerprint density at radius 3 is 2.53 bits per heavy atom. The third-order valence-corrected chi connectivity index (χ3v) is 6.71. The molecular formula is C24H34N6OS. The van der Waals surface area contributed by atoms with Gasteiger partial charge in [-0.25, -0.2) is 4.98 Å². The van der Waals surface area contributed by atoms with Crippen molar-refractivity contribution in [2.45, 2.75) is 71.4 Å². The number of carbonyl (C=O) groups excluding carboxylic acids is 1. The predicted molar refractivity (Wildman–Crippen MR) is 133 cm³/mol. The highest BCUT2D eigenvalue weighted by molar-refractivity contribution is 7.20. The van der Waals surface area contributed by atoms with E-state index in [1.165, 1.54) is 36.2 Å². The molecule has 0 atom stereocenters. The van der Waals surface area contributed by atoms with Gasteiger partial charge in [-0.1, -0.05) is 60.4 Å². The Kier molecular flexibility index (Phi) is 6.42. The van der Waals surface area contributed by atoms with Gasteiger partial charge in [-0.05, 0) is 40.5 Å². The summed E-state index contributed by atoms with van der Waals surface area (Å²) in [6.45, 7) is 8.75. The van der Waals surface area contributed by atoms with Gasteiger partial charge in [-0.15, -0.1) is 5.10 Å². The molecule has 1 aliphatic carbocycles. The van der Waals surface area contributed by atoms with Crippen LogP contribution in [0.25, 0.3) is 16.2 Å². The quantitative estimate of drug-likeness (QED) is 0.556. The normalized spacial score (nSPS) is 15.2. The van der Waals surface area contributed by atoms with Gasteiger partial charge < -0.3 is 15.5 Å². The molecule has 4 rings (SSSR count). The van der Waals surface area contributed by atoms with Crippen molar-refractivity contribution in [2.75, 3.05) is 23.8 Å². The Morgan fingerprint density at radius 1 is 1.19 bits per heavy atom. The van der Waals surface area contributed by atoms with Crippen molar-refractivity contribution in [3.63, 3.8) is 0 Å². The number of hydrogen-bond acceptors (Lipinski definition) is 6. The van der Waals surface area contributed by atoms with E-state index in [2.05, 4.69) is 62.6 Å². The number of likely N-dealkylation sites (N-methyl/N-ethyl adjacent to an activating group) is 1. The molecule has 32 heavy (non-hydrogen) atoms. The molecule has 2 N–H and O–H groups in total. The van der Waals surface area contributed by atoms with Gasteiger partial charge in [-0.3, -0.25) is 4.79 Å². The minimum Gasteiger partial charge on any atom is -0.364 e. The predicted octanol–water partition coefficient (Wildman–Crippen LogP) is 4.86. The molecule has 0 spiro atoms. The monoisotopic (exact) mass is 454 g/mol. The summed E-state index contributed by atoms with van der Waals surface area (Å²) in [7, 11) is 1.91. The number of aryl methyl sites for hydroxylation is 1. The van der Waals surface area contributed by atoms with E-state index >= 15 is 0 Å². The Bertz CT molecular complexity index is 1070. The van der Waals surface area contributed by atoms with E-state index in [1.807, 2.05) is 16.5 Å². The third kappa shape index (κ3) is 5.23. The van der Waals surface area contributed by atoms with Gasteiger partial charge in [0.05, 0.1) is 6.54 Å². The van der Waals surface area contributed by atoms with Crippen molar-refractivity contribution in [1.82, 2.24) is 19.9 Å². The second kappa shape index (κ2) is 9.10. The lowest BCUT2D eigenvalue weighted by Crippen LogP contribution is -2.41.